The van der Waals surface area contributed by atoms with Crippen molar-refractivity contribution in [1.29, 1.82) is 0 Å². The van der Waals surface area contributed by atoms with Crippen LogP contribution >= 0.6 is 7.82 Å². The van der Waals surface area contributed by atoms with Crippen LogP contribution in [-0.2, 0) is 13.6 Å². The van der Waals surface area contributed by atoms with Gasteiger partial charge >= 0.3 is 7.82 Å². The lowest BCUT2D eigenvalue weighted by Crippen LogP contribution is -2.21. The normalized spacial score (nSPS) is 37.1. The van der Waals surface area contributed by atoms with Gasteiger partial charge in [0.1, 0.15) is 0 Å². The molecule has 0 saturated carbocycles. The van der Waals surface area contributed by atoms with Gasteiger partial charge in [-0.3, -0.25) is 9.05 Å². The molecule has 0 amide bonds. The molecular formula is C8H17O4P. The quantitative estimate of drug-likeness (QED) is 0.672. The molecule has 1 aliphatic heterocycles. The van der Waals surface area contributed by atoms with Gasteiger partial charge in [0.15, 0.2) is 0 Å². The second-order valence-electron chi connectivity index (χ2n) is 3.69. The van der Waals surface area contributed by atoms with Crippen molar-refractivity contribution < 1.29 is 18.5 Å². The van der Waals surface area contributed by atoms with E-state index < -0.39 is 7.82 Å². The molecule has 0 aliphatic carbocycles. The van der Waals surface area contributed by atoms with Gasteiger partial charge in [0.05, 0.1) is 12.7 Å². The molecule has 78 valence electrons. The minimum Gasteiger partial charge on any atom is -0.302 e. The lowest BCUT2D eigenvalue weighted by molar-refractivity contribution is 0.0576. The summed E-state index contributed by atoms with van der Waals surface area (Å²) in [4.78, 5) is 9.21. The molecule has 1 aliphatic rings. The molecule has 0 aromatic heterocycles. The molecule has 1 rings (SSSR count). The van der Waals surface area contributed by atoms with E-state index in [-0.39, 0.29) is 12.0 Å². The summed E-state index contributed by atoms with van der Waals surface area (Å²) in [6.45, 7) is 4.27. The minimum atomic E-state index is -3.77. The third-order valence-corrected chi connectivity index (χ3v) is 3.20. The fraction of sp³-hybridized carbons (Fsp3) is 1.00. The molecule has 1 N–H and O–H groups in total. The monoisotopic (exact) mass is 208 g/mol. The second-order valence-corrected chi connectivity index (χ2v) is 5.09. The summed E-state index contributed by atoms with van der Waals surface area (Å²) in [6, 6.07) is 0. The first kappa shape index (κ1) is 11.2. The molecule has 2 atom stereocenters. The molecule has 0 radical (unpaired) electrons. The summed E-state index contributed by atoms with van der Waals surface area (Å²) >= 11 is 0. The van der Waals surface area contributed by atoms with Crippen LogP contribution in [0.5, 0.6) is 0 Å². The van der Waals surface area contributed by atoms with Gasteiger partial charge in [0.2, 0.25) is 0 Å². The summed E-state index contributed by atoms with van der Waals surface area (Å²) in [6.07, 6.45) is 2.50. The van der Waals surface area contributed by atoms with E-state index in [1.165, 1.54) is 0 Å². The summed E-state index contributed by atoms with van der Waals surface area (Å²) in [5, 5.41) is 0. The predicted octanol–water partition coefficient (Wildman–Crippen LogP) is 2.33. The average molecular weight is 208 g/mol. The van der Waals surface area contributed by atoms with Crippen LogP contribution in [0, 0.1) is 5.92 Å². The van der Waals surface area contributed by atoms with E-state index in [0.717, 1.165) is 19.3 Å². The van der Waals surface area contributed by atoms with Crippen molar-refractivity contribution in [3.63, 3.8) is 0 Å². The number of hydrogen-bond donors (Lipinski definition) is 1. The van der Waals surface area contributed by atoms with E-state index in [9.17, 15) is 9.46 Å². The van der Waals surface area contributed by atoms with Gasteiger partial charge in [-0.2, -0.15) is 0 Å². The highest BCUT2D eigenvalue weighted by Crippen LogP contribution is 2.47. The van der Waals surface area contributed by atoms with Gasteiger partial charge in [-0.15, -0.1) is 0 Å². The Kier molecular flexibility index (Phi) is 3.92. The highest BCUT2D eigenvalue weighted by molar-refractivity contribution is 7.47. The Bertz CT molecular complexity index is 204. The lowest BCUT2D eigenvalue weighted by Gasteiger charge is -2.25. The van der Waals surface area contributed by atoms with Gasteiger partial charge in [0, 0.05) is 0 Å². The zero-order valence-electron chi connectivity index (χ0n) is 8.10. The zero-order valence-corrected chi connectivity index (χ0v) is 9.00. The Morgan fingerprint density at radius 3 is 2.77 bits per heavy atom. The van der Waals surface area contributed by atoms with Crippen molar-refractivity contribution in [2.24, 2.45) is 5.92 Å². The van der Waals surface area contributed by atoms with Crippen LogP contribution in [-0.4, -0.2) is 17.6 Å². The van der Waals surface area contributed by atoms with Crippen LogP contribution in [0.2, 0.25) is 0 Å². The smallest absolute Gasteiger partial charge is 0.302 e. The van der Waals surface area contributed by atoms with Gasteiger partial charge in [-0.25, -0.2) is 4.57 Å². The number of phosphoric acid groups is 1. The standard InChI is InChI=1S/C8H17O4P/c1-7(2)8-5-3-4-6-11-13(9,10)12-8/h7-8H,3-6H2,1-2H3,(H,9,10). The van der Waals surface area contributed by atoms with E-state index in [2.05, 4.69) is 0 Å². The van der Waals surface area contributed by atoms with E-state index >= 15 is 0 Å². The Labute approximate surface area is 78.9 Å². The molecule has 1 heterocycles. The van der Waals surface area contributed by atoms with Crippen molar-refractivity contribution in [1.82, 2.24) is 0 Å². The molecule has 0 aromatic rings. The third kappa shape index (κ3) is 3.77. The maximum atomic E-state index is 11.2. The van der Waals surface area contributed by atoms with Crippen molar-refractivity contribution in [2.75, 3.05) is 6.61 Å². The second kappa shape index (κ2) is 4.56. The average Bonchev–Trinajstić information content (AvgIpc) is 1.97. The topological polar surface area (TPSA) is 55.8 Å². The molecule has 1 fully saturated rings. The first-order valence-electron chi connectivity index (χ1n) is 4.67. The van der Waals surface area contributed by atoms with Crippen LogP contribution in [0.15, 0.2) is 0 Å². The van der Waals surface area contributed by atoms with Crippen molar-refractivity contribution >= 4 is 7.82 Å². The third-order valence-electron chi connectivity index (χ3n) is 2.15. The van der Waals surface area contributed by atoms with E-state index in [4.69, 9.17) is 9.05 Å². The lowest BCUT2D eigenvalue weighted by atomic mass is 10.0. The van der Waals surface area contributed by atoms with Crippen LogP contribution in [0.3, 0.4) is 0 Å². The maximum Gasteiger partial charge on any atom is 0.472 e. The zero-order chi connectivity index (χ0) is 9.90. The molecule has 1 saturated heterocycles. The van der Waals surface area contributed by atoms with Crippen LogP contribution < -0.4 is 0 Å². The summed E-state index contributed by atoms with van der Waals surface area (Å²) in [5.74, 6) is 0.252. The van der Waals surface area contributed by atoms with Crippen molar-refractivity contribution in [2.45, 2.75) is 39.2 Å². The summed E-state index contributed by atoms with van der Waals surface area (Å²) in [5.41, 5.74) is 0. The Morgan fingerprint density at radius 2 is 2.15 bits per heavy atom. The van der Waals surface area contributed by atoms with Crippen molar-refractivity contribution in [3.8, 4) is 0 Å². The SMILES string of the molecule is CC(C)C1CCCCOP(=O)(O)O1. The molecule has 0 bridgehead atoms. The van der Waals surface area contributed by atoms with Crippen molar-refractivity contribution in [3.05, 3.63) is 0 Å². The fourth-order valence-electron chi connectivity index (χ4n) is 1.34. The Morgan fingerprint density at radius 1 is 1.46 bits per heavy atom. The molecule has 0 spiro atoms. The molecule has 2 unspecified atom stereocenters. The Hall–Kier alpha value is 0.110. The van der Waals surface area contributed by atoms with Crippen LogP contribution in [0.25, 0.3) is 0 Å². The minimum absolute atomic E-state index is 0.156. The molecule has 4 nitrogen and oxygen atoms in total. The highest BCUT2D eigenvalue weighted by Gasteiger charge is 2.29. The van der Waals surface area contributed by atoms with E-state index in [0.29, 0.717) is 6.61 Å². The molecule has 13 heavy (non-hydrogen) atoms. The maximum absolute atomic E-state index is 11.2. The molecule has 5 heteroatoms. The van der Waals surface area contributed by atoms with Gasteiger partial charge < -0.3 is 4.89 Å². The fourth-order valence-corrected chi connectivity index (χ4v) is 2.45. The van der Waals surface area contributed by atoms with E-state index in [1.54, 1.807) is 0 Å². The first-order valence-corrected chi connectivity index (χ1v) is 6.16. The highest BCUT2D eigenvalue weighted by atomic mass is 31.2. The largest absolute Gasteiger partial charge is 0.472 e. The predicted molar refractivity (Wildman–Crippen MR) is 49.3 cm³/mol. The number of hydrogen-bond acceptors (Lipinski definition) is 3. The van der Waals surface area contributed by atoms with Gasteiger partial charge in [-0.05, 0) is 25.2 Å². The van der Waals surface area contributed by atoms with E-state index in [1.807, 2.05) is 13.8 Å². The van der Waals surface area contributed by atoms with Crippen LogP contribution in [0.4, 0.5) is 0 Å². The first-order chi connectivity index (χ1) is 6.01. The Balaban J connectivity index is 2.59. The summed E-state index contributed by atoms with van der Waals surface area (Å²) < 4.78 is 21.0. The molecule has 0 aromatic carbocycles. The van der Waals surface area contributed by atoms with Gasteiger partial charge in [0.25, 0.3) is 0 Å². The summed E-state index contributed by atoms with van der Waals surface area (Å²) in [7, 11) is -3.77. The number of rotatable bonds is 1. The number of phosphoric ester groups is 1. The molecular weight excluding hydrogens is 191 g/mol. The van der Waals surface area contributed by atoms with Crippen LogP contribution in [0.1, 0.15) is 33.1 Å². The van der Waals surface area contributed by atoms with Gasteiger partial charge in [-0.1, -0.05) is 13.8 Å².